The molecule has 1 aliphatic rings. The van der Waals surface area contributed by atoms with Gasteiger partial charge < -0.3 is 9.47 Å². The van der Waals surface area contributed by atoms with Gasteiger partial charge in [-0.25, -0.2) is 0 Å². The number of fused-ring (bicyclic) bond motifs is 1. The lowest BCUT2D eigenvalue weighted by Gasteiger charge is -2.21. The van der Waals surface area contributed by atoms with Gasteiger partial charge in [-0.15, -0.1) is 22.9 Å². The van der Waals surface area contributed by atoms with Crippen molar-refractivity contribution in [1.82, 2.24) is 0 Å². The third kappa shape index (κ3) is 2.79. The highest BCUT2D eigenvalue weighted by Gasteiger charge is 2.21. The summed E-state index contributed by atoms with van der Waals surface area (Å²) in [6, 6.07) is 7.89. The molecular weight excluding hydrogens is 415 g/mol. The second-order valence-electron chi connectivity index (χ2n) is 4.02. The highest BCUT2D eigenvalue weighted by molar-refractivity contribution is 9.11. The molecular formula is C13H9Br2ClO2S. The van der Waals surface area contributed by atoms with Crippen LogP contribution in [0.5, 0.6) is 11.5 Å². The lowest BCUT2D eigenvalue weighted by atomic mass is 10.1. The number of hydrogen-bond donors (Lipinski definition) is 0. The van der Waals surface area contributed by atoms with E-state index in [9.17, 15) is 0 Å². The molecule has 1 atom stereocenters. The molecule has 0 amide bonds. The van der Waals surface area contributed by atoms with E-state index in [1.807, 2.05) is 24.3 Å². The van der Waals surface area contributed by atoms with E-state index in [0.29, 0.717) is 13.2 Å². The highest BCUT2D eigenvalue weighted by atomic mass is 79.9. The molecule has 0 spiro atoms. The van der Waals surface area contributed by atoms with Gasteiger partial charge in [-0.3, -0.25) is 0 Å². The van der Waals surface area contributed by atoms with E-state index >= 15 is 0 Å². The first-order valence-electron chi connectivity index (χ1n) is 5.63. The van der Waals surface area contributed by atoms with Crippen molar-refractivity contribution in [1.29, 1.82) is 0 Å². The monoisotopic (exact) mass is 422 g/mol. The molecule has 0 radical (unpaired) electrons. The summed E-state index contributed by atoms with van der Waals surface area (Å²) < 4.78 is 13.1. The molecule has 0 N–H and O–H groups in total. The largest absolute Gasteiger partial charge is 0.486 e. The third-order valence-electron chi connectivity index (χ3n) is 2.78. The van der Waals surface area contributed by atoms with E-state index in [0.717, 1.165) is 30.2 Å². The predicted octanol–water partition coefficient (Wildman–Crippen LogP) is 5.37. The third-order valence-corrected chi connectivity index (χ3v) is 5.75. The summed E-state index contributed by atoms with van der Waals surface area (Å²) in [7, 11) is 0. The molecule has 1 aromatic heterocycles. The van der Waals surface area contributed by atoms with Crippen molar-refractivity contribution in [3.63, 3.8) is 0 Å². The number of halogens is 3. The second kappa shape index (κ2) is 5.64. The second-order valence-corrected chi connectivity index (χ2v) is 7.81. The Morgan fingerprint density at radius 1 is 1.11 bits per heavy atom. The lowest BCUT2D eigenvalue weighted by Crippen LogP contribution is -2.15. The zero-order valence-electron chi connectivity index (χ0n) is 9.66. The van der Waals surface area contributed by atoms with Crippen molar-refractivity contribution in [2.24, 2.45) is 0 Å². The molecule has 0 saturated heterocycles. The Balaban J connectivity index is 2.00. The SMILES string of the molecule is ClC(c1ccc(Br)s1)c1cc2c(cc1Br)OCCO2. The normalized spacial score (nSPS) is 15.3. The number of benzene rings is 1. The van der Waals surface area contributed by atoms with Crippen LogP contribution in [-0.2, 0) is 0 Å². The van der Waals surface area contributed by atoms with Crippen LogP contribution >= 0.6 is 54.8 Å². The number of ether oxygens (including phenoxy) is 2. The molecule has 6 heteroatoms. The Hall–Kier alpha value is -0.230. The number of thiophene rings is 1. The van der Waals surface area contributed by atoms with E-state index in [-0.39, 0.29) is 5.38 Å². The molecule has 1 aromatic carbocycles. The maximum Gasteiger partial charge on any atom is 0.162 e. The van der Waals surface area contributed by atoms with Gasteiger partial charge in [0.2, 0.25) is 0 Å². The van der Waals surface area contributed by atoms with Crippen LogP contribution in [-0.4, -0.2) is 13.2 Å². The Bertz CT molecular complexity index is 615. The van der Waals surface area contributed by atoms with Gasteiger partial charge in [0.05, 0.1) is 9.16 Å². The number of alkyl halides is 1. The van der Waals surface area contributed by atoms with Crippen molar-refractivity contribution in [3.05, 3.63) is 43.0 Å². The van der Waals surface area contributed by atoms with E-state index in [4.69, 9.17) is 21.1 Å². The van der Waals surface area contributed by atoms with Gasteiger partial charge >= 0.3 is 0 Å². The first-order valence-corrected chi connectivity index (χ1v) is 8.47. The number of rotatable bonds is 2. The Labute approximate surface area is 136 Å². The van der Waals surface area contributed by atoms with Crippen LogP contribution < -0.4 is 9.47 Å². The van der Waals surface area contributed by atoms with Crippen LogP contribution in [0.1, 0.15) is 15.8 Å². The summed E-state index contributed by atoms with van der Waals surface area (Å²) in [6.07, 6.45) is 0. The van der Waals surface area contributed by atoms with E-state index in [1.165, 1.54) is 0 Å². The topological polar surface area (TPSA) is 18.5 Å². The number of hydrogen-bond acceptors (Lipinski definition) is 3. The summed E-state index contributed by atoms with van der Waals surface area (Å²) in [6.45, 7) is 1.16. The molecule has 2 nitrogen and oxygen atoms in total. The molecule has 0 aliphatic carbocycles. The summed E-state index contributed by atoms with van der Waals surface area (Å²) in [5, 5.41) is -0.207. The van der Waals surface area contributed by atoms with Crippen LogP contribution in [0.4, 0.5) is 0 Å². The van der Waals surface area contributed by atoms with Gasteiger partial charge in [0.15, 0.2) is 11.5 Å². The summed E-state index contributed by atoms with van der Waals surface area (Å²) >= 11 is 15.2. The first kappa shape index (κ1) is 13.7. The maximum absolute atomic E-state index is 6.56. The van der Waals surface area contributed by atoms with Gasteiger partial charge in [0, 0.05) is 9.35 Å². The zero-order valence-corrected chi connectivity index (χ0v) is 14.4. The molecule has 1 unspecified atom stereocenters. The minimum Gasteiger partial charge on any atom is -0.486 e. The van der Waals surface area contributed by atoms with Gasteiger partial charge in [-0.05, 0) is 45.8 Å². The molecule has 1 aliphatic heterocycles. The fourth-order valence-corrected chi connectivity index (χ4v) is 4.38. The minimum absolute atomic E-state index is 0.207. The average molecular weight is 425 g/mol. The van der Waals surface area contributed by atoms with Crippen molar-refractivity contribution < 1.29 is 9.47 Å². The van der Waals surface area contributed by atoms with Gasteiger partial charge in [-0.2, -0.15) is 0 Å². The minimum atomic E-state index is -0.207. The predicted molar refractivity (Wildman–Crippen MR) is 84.8 cm³/mol. The molecule has 3 rings (SSSR count). The van der Waals surface area contributed by atoms with Crippen LogP contribution in [0.25, 0.3) is 0 Å². The van der Waals surface area contributed by atoms with Crippen LogP contribution in [0.2, 0.25) is 0 Å². The van der Waals surface area contributed by atoms with E-state index < -0.39 is 0 Å². The Morgan fingerprint density at radius 2 is 1.79 bits per heavy atom. The quantitative estimate of drug-likeness (QED) is 0.603. The van der Waals surface area contributed by atoms with Crippen LogP contribution in [0.3, 0.4) is 0 Å². The van der Waals surface area contributed by atoms with Gasteiger partial charge in [-0.1, -0.05) is 15.9 Å². The summed E-state index contributed by atoms with van der Waals surface area (Å²) in [4.78, 5) is 1.09. The molecule has 19 heavy (non-hydrogen) atoms. The van der Waals surface area contributed by atoms with Crippen LogP contribution in [0, 0.1) is 0 Å². The van der Waals surface area contributed by atoms with Crippen molar-refractivity contribution in [3.8, 4) is 11.5 Å². The fourth-order valence-electron chi connectivity index (χ4n) is 1.89. The molecule has 0 bridgehead atoms. The summed E-state index contributed by atoms with van der Waals surface area (Å²) in [5.74, 6) is 1.52. The van der Waals surface area contributed by atoms with Crippen molar-refractivity contribution in [2.75, 3.05) is 13.2 Å². The maximum atomic E-state index is 6.56. The van der Waals surface area contributed by atoms with Crippen molar-refractivity contribution in [2.45, 2.75) is 5.38 Å². The lowest BCUT2D eigenvalue weighted by molar-refractivity contribution is 0.171. The zero-order chi connectivity index (χ0) is 13.4. The van der Waals surface area contributed by atoms with Gasteiger partial charge in [0.1, 0.15) is 13.2 Å². The van der Waals surface area contributed by atoms with E-state index in [1.54, 1.807) is 11.3 Å². The highest BCUT2D eigenvalue weighted by Crippen LogP contribution is 2.43. The molecule has 100 valence electrons. The van der Waals surface area contributed by atoms with Gasteiger partial charge in [0.25, 0.3) is 0 Å². The standard InChI is InChI=1S/C13H9Br2ClO2S/c14-8-6-10-9(17-3-4-18-10)5-7(8)13(16)11-1-2-12(15)19-11/h1-2,5-6,13H,3-4H2. The molecule has 0 fully saturated rings. The van der Waals surface area contributed by atoms with Crippen LogP contribution in [0.15, 0.2) is 32.5 Å². The van der Waals surface area contributed by atoms with Crippen molar-refractivity contribution >= 4 is 54.8 Å². The van der Waals surface area contributed by atoms with E-state index in [2.05, 4.69) is 31.9 Å². The molecule has 0 saturated carbocycles. The molecule has 2 aromatic rings. The first-order chi connectivity index (χ1) is 9.15. The Morgan fingerprint density at radius 3 is 2.42 bits per heavy atom. The Kier molecular flexibility index (Phi) is 4.08. The summed E-state index contributed by atoms with van der Waals surface area (Å²) in [5.41, 5.74) is 0.986. The molecule has 2 heterocycles. The fraction of sp³-hybridized carbons (Fsp3) is 0.231. The average Bonchev–Trinajstić information content (AvgIpc) is 2.84. The smallest absolute Gasteiger partial charge is 0.162 e.